The van der Waals surface area contributed by atoms with Crippen LogP contribution in [-0.2, 0) is 19.1 Å². The Labute approximate surface area is 119 Å². The van der Waals surface area contributed by atoms with Gasteiger partial charge < -0.3 is 14.6 Å². The Bertz CT molecular complexity index is 422. The van der Waals surface area contributed by atoms with E-state index in [4.69, 9.17) is 9.47 Å². The van der Waals surface area contributed by atoms with E-state index in [1.165, 1.54) is 18.9 Å². The number of carbonyl (C=O) groups excluding carboxylic acids is 2. The van der Waals surface area contributed by atoms with Crippen LogP contribution >= 0.6 is 0 Å². The maximum Gasteiger partial charge on any atom is 0.337 e. The van der Waals surface area contributed by atoms with E-state index >= 15 is 0 Å². The maximum absolute atomic E-state index is 12.5. The lowest BCUT2D eigenvalue weighted by Crippen LogP contribution is -2.63. The molecule has 114 valence electrons. The van der Waals surface area contributed by atoms with E-state index in [2.05, 4.69) is 0 Å². The average Bonchev–Trinajstić information content (AvgIpc) is 2.88. The molecule has 0 aromatic rings. The molecule has 2 heterocycles. The van der Waals surface area contributed by atoms with Crippen LogP contribution in [0.5, 0.6) is 0 Å². The number of methoxy groups -OCH3 is 1. The summed E-state index contributed by atoms with van der Waals surface area (Å²) in [6.07, 6.45) is 2.06. The zero-order chi connectivity index (χ0) is 15.1. The second-order valence-corrected chi connectivity index (χ2v) is 5.84. The maximum atomic E-state index is 12.5. The third-order valence-electron chi connectivity index (χ3n) is 4.80. The Morgan fingerprint density at radius 2 is 2.25 bits per heavy atom. The Morgan fingerprint density at radius 1 is 1.60 bits per heavy atom. The molecule has 0 spiro atoms. The van der Waals surface area contributed by atoms with Gasteiger partial charge in [-0.2, -0.15) is 0 Å². The Kier molecular flexibility index (Phi) is 3.81. The quantitative estimate of drug-likeness (QED) is 0.768. The van der Waals surface area contributed by atoms with Crippen LogP contribution in [0.25, 0.3) is 0 Å². The van der Waals surface area contributed by atoms with Gasteiger partial charge in [0.05, 0.1) is 19.6 Å². The van der Waals surface area contributed by atoms with Crippen molar-refractivity contribution in [3.63, 3.8) is 0 Å². The van der Waals surface area contributed by atoms with Crippen LogP contribution in [0.3, 0.4) is 0 Å². The molecule has 4 atom stereocenters. The molecule has 20 heavy (non-hydrogen) atoms. The van der Waals surface area contributed by atoms with Crippen molar-refractivity contribution in [2.75, 3.05) is 13.7 Å². The molecule has 1 N–H and O–H groups in total. The molecule has 1 amide bonds. The van der Waals surface area contributed by atoms with Gasteiger partial charge in [0, 0.05) is 0 Å². The Balaban J connectivity index is 2.43. The molecule has 0 aromatic carbocycles. The van der Waals surface area contributed by atoms with E-state index in [0.29, 0.717) is 6.42 Å². The molecule has 2 aliphatic rings. The number of carbonyl (C=O) groups is 2. The number of nitrogens with zero attached hydrogens (tertiary/aromatic N) is 1. The van der Waals surface area contributed by atoms with E-state index in [-0.39, 0.29) is 12.5 Å². The van der Waals surface area contributed by atoms with Gasteiger partial charge in [-0.3, -0.25) is 9.69 Å². The highest BCUT2D eigenvalue weighted by atomic mass is 16.6. The minimum absolute atomic E-state index is 0.0167. The van der Waals surface area contributed by atoms with E-state index in [1.54, 1.807) is 6.92 Å². The molecule has 0 saturated carbocycles. The molecule has 6 nitrogen and oxygen atoms in total. The van der Waals surface area contributed by atoms with Crippen LogP contribution in [0.2, 0.25) is 0 Å². The van der Waals surface area contributed by atoms with Crippen LogP contribution in [0.15, 0.2) is 0 Å². The molecule has 0 radical (unpaired) electrons. The zero-order valence-electron chi connectivity index (χ0n) is 12.5. The predicted molar refractivity (Wildman–Crippen MR) is 70.6 cm³/mol. The van der Waals surface area contributed by atoms with Gasteiger partial charge in [0.25, 0.3) is 0 Å². The SMILES string of the molecule is CCCC[C@@H]1OC[C@]2(C(=O)OC)N1C(=O)[C@@H](C)[C@]2(C)O. The van der Waals surface area contributed by atoms with Gasteiger partial charge in [-0.1, -0.05) is 20.3 Å². The lowest BCUT2D eigenvalue weighted by atomic mass is 9.77. The van der Waals surface area contributed by atoms with Crippen molar-refractivity contribution >= 4 is 11.9 Å². The van der Waals surface area contributed by atoms with E-state index in [0.717, 1.165) is 12.8 Å². The summed E-state index contributed by atoms with van der Waals surface area (Å²) >= 11 is 0. The first-order valence-electron chi connectivity index (χ1n) is 7.10. The second-order valence-electron chi connectivity index (χ2n) is 5.84. The van der Waals surface area contributed by atoms with E-state index in [9.17, 15) is 14.7 Å². The number of rotatable bonds is 4. The van der Waals surface area contributed by atoms with Crippen molar-refractivity contribution in [2.45, 2.75) is 57.4 Å². The molecular formula is C14H23NO5. The van der Waals surface area contributed by atoms with Crippen molar-refractivity contribution in [3.8, 4) is 0 Å². The molecule has 2 aliphatic heterocycles. The topological polar surface area (TPSA) is 76.1 Å². The number of ether oxygens (including phenoxy) is 2. The number of hydrogen-bond donors (Lipinski definition) is 1. The van der Waals surface area contributed by atoms with E-state index < -0.39 is 29.3 Å². The summed E-state index contributed by atoms with van der Waals surface area (Å²) in [7, 11) is 1.26. The lowest BCUT2D eigenvalue weighted by molar-refractivity contribution is -0.166. The highest BCUT2D eigenvalue weighted by Crippen LogP contribution is 2.49. The number of aliphatic hydroxyl groups is 1. The van der Waals surface area contributed by atoms with Crippen molar-refractivity contribution < 1.29 is 24.2 Å². The average molecular weight is 285 g/mol. The van der Waals surface area contributed by atoms with Gasteiger partial charge >= 0.3 is 5.97 Å². The number of hydrogen-bond acceptors (Lipinski definition) is 5. The number of unbranched alkanes of at least 4 members (excludes halogenated alkanes) is 1. The number of esters is 1. The summed E-state index contributed by atoms with van der Waals surface area (Å²) in [5.41, 5.74) is -2.92. The third-order valence-corrected chi connectivity index (χ3v) is 4.80. The fraction of sp³-hybridized carbons (Fsp3) is 0.857. The van der Waals surface area contributed by atoms with Gasteiger partial charge in [0.1, 0.15) is 11.8 Å². The zero-order valence-corrected chi connectivity index (χ0v) is 12.5. The van der Waals surface area contributed by atoms with Crippen molar-refractivity contribution in [2.24, 2.45) is 5.92 Å². The predicted octanol–water partition coefficient (Wildman–Crippen LogP) is 0.674. The van der Waals surface area contributed by atoms with Gasteiger partial charge in [0.15, 0.2) is 5.54 Å². The third kappa shape index (κ3) is 1.71. The van der Waals surface area contributed by atoms with Crippen LogP contribution in [0.1, 0.15) is 40.0 Å². The smallest absolute Gasteiger partial charge is 0.337 e. The van der Waals surface area contributed by atoms with Crippen molar-refractivity contribution in [3.05, 3.63) is 0 Å². The highest BCUT2D eigenvalue weighted by molar-refractivity contribution is 5.96. The van der Waals surface area contributed by atoms with Gasteiger partial charge in [-0.25, -0.2) is 4.79 Å². The standard InChI is InChI=1S/C14H23NO5/c1-5-6-7-10-15-11(16)9(2)13(3,18)14(15,8-20-10)12(17)19-4/h9-10,18H,5-8H2,1-4H3/t9-,10+,13+,14-/m1/s1. The summed E-state index contributed by atoms with van der Waals surface area (Å²) in [6.45, 7) is 5.19. The lowest BCUT2D eigenvalue weighted by Gasteiger charge is -2.37. The van der Waals surface area contributed by atoms with Gasteiger partial charge in [0.2, 0.25) is 5.91 Å². The molecule has 0 aromatic heterocycles. The minimum atomic E-state index is -1.50. The van der Waals surface area contributed by atoms with Crippen LogP contribution in [-0.4, -0.2) is 53.0 Å². The fourth-order valence-electron chi connectivity index (χ4n) is 3.26. The largest absolute Gasteiger partial charge is 0.467 e. The molecule has 2 rings (SSSR count). The number of fused-ring (bicyclic) bond motifs is 1. The molecule has 0 bridgehead atoms. The van der Waals surface area contributed by atoms with Gasteiger partial charge in [-0.15, -0.1) is 0 Å². The first-order valence-corrected chi connectivity index (χ1v) is 7.10. The van der Waals surface area contributed by atoms with E-state index in [1.807, 2.05) is 6.92 Å². The molecule has 2 saturated heterocycles. The van der Waals surface area contributed by atoms with Crippen LogP contribution in [0, 0.1) is 5.92 Å². The summed E-state index contributed by atoms with van der Waals surface area (Å²) in [5, 5.41) is 10.8. The summed E-state index contributed by atoms with van der Waals surface area (Å²) < 4.78 is 10.5. The fourth-order valence-corrected chi connectivity index (χ4v) is 3.26. The number of amides is 1. The minimum Gasteiger partial charge on any atom is -0.467 e. The van der Waals surface area contributed by atoms with Crippen molar-refractivity contribution in [1.82, 2.24) is 4.90 Å². The Hall–Kier alpha value is -1.14. The second kappa shape index (κ2) is 5.00. The first kappa shape index (κ1) is 15.3. The Morgan fingerprint density at radius 3 is 2.80 bits per heavy atom. The monoisotopic (exact) mass is 285 g/mol. The molecule has 6 heteroatoms. The molecule has 0 unspecified atom stereocenters. The van der Waals surface area contributed by atoms with Crippen LogP contribution in [0.4, 0.5) is 0 Å². The normalized spacial score (nSPS) is 40.0. The molecule has 0 aliphatic carbocycles. The van der Waals surface area contributed by atoms with Crippen molar-refractivity contribution in [1.29, 1.82) is 0 Å². The molecular weight excluding hydrogens is 262 g/mol. The van der Waals surface area contributed by atoms with Gasteiger partial charge in [-0.05, 0) is 19.8 Å². The highest BCUT2D eigenvalue weighted by Gasteiger charge is 2.73. The summed E-state index contributed by atoms with van der Waals surface area (Å²) in [4.78, 5) is 26.2. The summed E-state index contributed by atoms with van der Waals surface area (Å²) in [5.74, 6) is -1.52. The molecule has 2 fully saturated rings. The van der Waals surface area contributed by atoms with Crippen LogP contribution < -0.4 is 0 Å². The summed E-state index contributed by atoms with van der Waals surface area (Å²) in [6, 6.07) is 0. The first-order chi connectivity index (χ1) is 9.34.